The molecule has 2 aliphatic heterocycles. The summed E-state index contributed by atoms with van der Waals surface area (Å²) in [4.78, 5) is 17.4. The van der Waals surface area contributed by atoms with E-state index in [1.54, 1.807) is 6.20 Å². The number of hydrogen-bond donors (Lipinski definition) is 0. The average molecular weight is 333 g/mol. The zero-order valence-electron chi connectivity index (χ0n) is 13.0. The molecule has 0 N–H and O–H groups in total. The van der Waals surface area contributed by atoms with Crippen LogP contribution in [0.3, 0.4) is 0 Å². The number of rotatable bonds is 2. The van der Waals surface area contributed by atoms with Crippen molar-refractivity contribution in [3.8, 4) is 11.8 Å². The SMILES string of the molecule is N#Cc1cncc2c1OC[C@H]1CCCC(CC(F)F)C(=C=O)N1C2. The average Bonchev–Trinajstić information content (AvgIpc) is 2.83. The molecule has 1 unspecified atom stereocenters. The molecule has 1 aromatic rings. The molecule has 1 saturated heterocycles. The second-order valence-electron chi connectivity index (χ2n) is 6.12. The van der Waals surface area contributed by atoms with E-state index >= 15 is 0 Å². The number of alkyl halides is 2. The van der Waals surface area contributed by atoms with Gasteiger partial charge in [0.05, 0.1) is 6.04 Å². The van der Waals surface area contributed by atoms with E-state index in [0.29, 0.717) is 36.4 Å². The van der Waals surface area contributed by atoms with Crippen molar-refractivity contribution in [1.82, 2.24) is 9.88 Å². The van der Waals surface area contributed by atoms with Crippen LogP contribution < -0.4 is 4.74 Å². The molecule has 0 radical (unpaired) electrons. The molecule has 2 atom stereocenters. The zero-order valence-corrected chi connectivity index (χ0v) is 13.0. The Hall–Kier alpha value is -2.45. The van der Waals surface area contributed by atoms with Gasteiger partial charge in [0.25, 0.3) is 0 Å². The van der Waals surface area contributed by atoms with Crippen LogP contribution in [-0.2, 0) is 11.3 Å². The number of allylic oxidation sites excluding steroid dienone is 1. The number of pyridine rings is 1. The standard InChI is InChI=1S/C17H17F2N3O2/c18-16(19)4-11-2-1-3-14-10-24-17-12(5-20)6-21-7-13(17)8-22(14)15(11)9-23/h6-7,11,14,16H,1-4,8,10H2/t11?,14-/m1/s1. The molecular weight excluding hydrogens is 316 g/mol. The summed E-state index contributed by atoms with van der Waals surface area (Å²) < 4.78 is 31.6. The molecule has 1 fully saturated rings. The Labute approximate surface area is 138 Å². The van der Waals surface area contributed by atoms with Crippen molar-refractivity contribution < 1.29 is 18.3 Å². The van der Waals surface area contributed by atoms with Gasteiger partial charge in [-0.3, -0.25) is 4.98 Å². The fourth-order valence-electron chi connectivity index (χ4n) is 3.52. The maximum Gasteiger partial charge on any atom is 0.239 e. The smallest absolute Gasteiger partial charge is 0.239 e. The van der Waals surface area contributed by atoms with E-state index in [1.165, 1.54) is 6.20 Å². The van der Waals surface area contributed by atoms with Gasteiger partial charge in [0, 0.05) is 36.8 Å². The molecule has 0 amide bonds. The summed E-state index contributed by atoms with van der Waals surface area (Å²) in [7, 11) is 0. The predicted molar refractivity (Wildman–Crippen MR) is 80.9 cm³/mol. The second kappa shape index (κ2) is 6.98. The number of carbonyl (C=O) groups excluding carboxylic acids is 1. The van der Waals surface area contributed by atoms with Crippen molar-refractivity contribution in [1.29, 1.82) is 5.26 Å². The molecule has 0 aromatic carbocycles. The number of aromatic nitrogens is 1. The number of fused-ring (bicyclic) bond motifs is 2. The van der Waals surface area contributed by atoms with Crippen molar-refractivity contribution in [3.63, 3.8) is 0 Å². The summed E-state index contributed by atoms with van der Waals surface area (Å²) in [5.74, 6) is 1.87. The Kier molecular flexibility index (Phi) is 4.77. The predicted octanol–water partition coefficient (Wildman–Crippen LogP) is 2.69. The van der Waals surface area contributed by atoms with Gasteiger partial charge in [-0.05, 0) is 12.8 Å². The van der Waals surface area contributed by atoms with Crippen LogP contribution in [0.5, 0.6) is 5.75 Å². The third-order valence-electron chi connectivity index (χ3n) is 4.65. The molecule has 24 heavy (non-hydrogen) atoms. The molecule has 2 aliphatic rings. The van der Waals surface area contributed by atoms with E-state index in [4.69, 9.17) is 4.74 Å². The van der Waals surface area contributed by atoms with Crippen molar-refractivity contribution in [3.05, 3.63) is 29.2 Å². The van der Waals surface area contributed by atoms with Gasteiger partial charge in [-0.25, -0.2) is 13.6 Å². The maximum absolute atomic E-state index is 12.9. The van der Waals surface area contributed by atoms with Crippen LogP contribution in [0.1, 0.15) is 36.8 Å². The van der Waals surface area contributed by atoms with Gasteiger partial charge < -0.3 is 9.64 Å². The molecule has 126 valence electrons. The van der Waals surface area contributed by atoms with Crippen LogP contribution in [0, 0.1) is 17.2 Å². The van der Waals surface area contributed by atoms with Crippen LogP contribution in [0.15, 0.2) is 18.1 Å². The lowest BCUT2D eigenvalue weighted by Gasteiger charge is -2.31. The largest absolute Gasteiger partial charge is 0.490 e. The molecule has 7 heteroatoms. The van der Waals surface area contributed by atoms with E-state index in [9.17, 15) is 18.8 Å². The van der Waals surface area contributed by atoms with Gasteiger partial charge in [0.15, 0.2) is 0 Å². The minimum Gasteiger partial charge on any atom is -0.490 e. The van der Waals surface area contributed by atoms with E-state index < -0.39 is 12.3 Å². The molecule has 0 aliphatic carbocycles. The van der Waals surface area contributed by atoms with Gasteiger partial charge in [-0.15, -0.1) is 0 Å². The minimum atomic E-state index is -2.46. The molecule has 5 nitrogen and oxygen atoms in total. The first-order valence-corrected chi connectivity index (χ1v) is 7.93. The molecular formula is C17H17F2N3O2. The Morgan fingerprint density at radius 3 is 2.96 bits per heavy atom. The highest BCUT2D eigenvalue weighted by Crippen LogP contribution is 2.37. The molecule has 1 aromatic heterocycles. The van der Waals surface area contributed by atoms with Crippen molar-refractivity contribution in [2.24, 2.45) is 5.92 Å². The van der Waals surface area contributed by atoms with E-state index in [-0.39, 0.29) is 18.2 Å². The van der Waals surface area contributed by atoms with Gasteiger partial charge >= 0.3 is 0 Å². The lowest BCUT2D eigenvalue weighted by molar-refractivity contribution is 0.110. The maximum atomic E-state index is 12.9. The minimum absolute atomic E-state index is 0.0944. The molecule has 3 rings (SSSR count). The van der Waals surface area contributed by atoms with Gasteiger partial charge in [-0.1, -0.05) is 6.42 Å². The second-order valence-corrected chi connectivity index (χ2v) is 6.12. The summed E-state index contributed by atoms with van der Waals surface area (Å²) in [5.41, 5.74) is 1.31. The van der Waals surface area contributed by atoms with Crippen LogP contribution in [0.4, 0.5) is 8.78 Å². The highest BCUT2D eigenvalue weighted by atomic mass is 19.3. The fraction of sp³-hybridized carbons (Fsp3) is 0.529. The quantitative estimate of drug-likeness (QED) is 0.779. The normalized spacial score (nSPS) is 23.2. The molecule has 0 saturated carbocycles. The fourth-order valence-corrected chi connectivity index (χ4v) is 3.52. The number of hydrogen-bond acceptors (Lipinski definition) is 5. The molecule has 3 heterocycles. The van der Waals surface area contributed by atoms with Crippen molar-refractivity contribution in [2.45, 2.75) is 44.7 Å². The summed E-state index contributed by atoms with van der Waals surface area (Å²) in [6, 6.07) is 1.95. The first-order chi connectivity index (χ1) is 11.6. The first-order valence-electron chi connectivity index (χ1n) is 7.93. The van der Waals surface area contributed by atoms with E-state index in [1.807, 2.05) is 16.9 Å². The monoisotopic (exact) mass is 333 g/mol. The Morgan fingerprint density at radius 1 is 1.42 bits per heavy atom. The summed E-state index contributed by atoms with van der Waals surface area (Å²) in [6.07, 6.45) is 2.27. The number of nitriles is 1. The Morgan fingerprint density at radius 2 is 2.25 bits per heavy atom. The number of nitrogens with zero attached hydrogens (tertiary/aromatic N) is 3. The topological polar surface area (TPSA) is 66.2 Å². The van der Waals surface area contributed by atoms with E-state index in [0.717, 1.165) is 12.8 Å². The van der Waals surface area contributed by atoms with Crippen LogP contribution >= 0.6 is 0 Å². The van der Waals surface area contributed by atoms with Crippen LogP contribution in [0.25, 0.3) is 0 Å². The lowest BCUT2D eigenvalue weighted by atomic mass is 9.96. The van der Waals surface area contributed by atoms with E-state index in [2.05, 4.69) is 4.98 Å². The third kappa shape index (κ3) is 3.10. The van der Waals surface area contributed by atoms with Gasteiger partial charge in [0.1, 0.15) is 35.6 Å². The van der Waals surface area contributed by atoms with Crippen LogP contribution in [0.2, 0.25) is 0 Å². The zero-order chi connectivity index (χ0) is 17.1. The third-order valence-corrected chi connectivity index (χ3v) is 4.65. The Balaban J connectivity index is 1.97. The first kappa shape index (κ1) is 16.4. The Bertz CT molecular complexity index is 710. The number of halogens is 2. The summed E-state index contributed by atoms with van der Waals surface area (Å²) in [5, 5.41) is 9.19. The highest BCUT2D eigenvalue weighted by molar-refractivity contribution is 5.54. The van der Waals surface area contributed by atoms with Gasteiger partial charge in [-0.2, -0.15) is 5.26 Å². The highest BCUT2D eigenvalue weighted by Gasteiger charge is 2.35. The number of ether oxygens (including phenoxy) is 1. The lowest BCUT2D eigenvalue weighted by Crippen LogP contribution is -2.37. The molecule has 0 spiro atoms. The van der Waals surface area contributed by atoms with Crippen molar-refractivity contribution >= 4 is 5.94 Å². The van der Waals surface area contributed by atoms with Crippen molar-refractivity contribution in [2.75, 3.05) is 6.61 Å². The molecule has 0 bridgehead atoms. The van der Waals surface area contributed by atoms with Crippen LogP contribution in [-0.4, -0.2) is 34.9 Å². The summed E-state index contributed by atoms with van der Waals surface area (Å²) >= 11 is 0. The van der Waals surface area contributed by atoms with Gasteiger partial charge in [0.2, 0.25) is 6.43 Å². The summed E-state index contributed by atoms with van der Waals surface area (Å²) in [6.45, 7) is 0.616.